The number of ether oxygens (including phenoxy) is 3. The molecule has 0 saturated heterocycles. The monoisotopic (exact) mass is 1390 g/mol. The van der Waals surface area contributed by atoms with E-state index in [4.69, 9.17) is 14.2 Å². The Morgan fingerprint density at radius 3 is 1.01 bits per heavy atom. The fourth-order valence-electron chi connectivity index (χ4n) is 5.47. The molecule has 3 radical (unpaired) electrons. The predicted octanol–water partition coefficient (Wildman–Crippen LogP) is 9.85. The molecule has 24 heteroatoms. The minimum absolute atomic E-state index is 0. The number of hydrogen-bond donors (Lipinski definition) is 9. The van der Waals surface area contributed by atoms with E-state index in [0.29, 0.717) is 51.5 Å². The van der Waals surface area contributed by atoms with Gasteiger partial charge in [-0.3, -0.25) is 38.7 Å². The van der Waals surface area contributed by atoms with Gasteiger partial charge in [0.15, 0.2) is 16.8 Å². The van der Waals surface area contributed by atoms with Crippen LogP contribution in [0.2, 0.25) is 0 Å². The van der Waals surface area contributed by atoms with Crippen LogP contribution in [0.3, 0.4) is 0 Å². The van der Waals surface area contributed by atoms with E-state index in [1.807, 2.05) is 41.5 Å². The van der Waals surface area contributed by atoms with Crippen LogP contribution in [0.5, 0.6) is 17.2 Å². The van der Waals surface area contributed by atoms with Crippen molar-refractivity contribution in [2.24, 2.45) is 0 Å². The molecule has 84 heavy (non-hydrogen) atoms. The summed E-state index contributed by atoms with van der Waals surface area (Å²) in [6, 6.07) is 31.5. The Kier molecular flexibility index (Phi) is 52.0. The quantitative estimate of drug-likeness (QED) is 0.0362. The molecule has 3 heterocycles. The summed E-state index contributed by atoms with van der Waals surface area (Å²) in [5.41, 5.74) is -2.22. The summed E-state index contributed by atoms with van der Waals surface area (Å²) >= 11 is 0. The maximum Gasteiger partial charge on any atom is 0.260 e. The molecule has 0 bridgehead atoms. The number of aliphatic hydroxyl groups is 3. The summed E-state index contributed by atoms with van der Waals surface area (Å²) in [6.45, 7) is 19.7. The molecular formula is C60H84N9O12Y3-3. The van der Waals surface area contributed by atoms with Gasteiger partial charge in [-0.25, -0.2) is 4.98 Å². The number of benzene rings is 3. The van der Waals surface area contributed by atoms with Crippen LogP contribution >= 0.6 is 0 Å². The third kappa shape index (κ3) is 37.1. The molecule has 0 aliphatic carbocycles. The zero-order valence-electron chi connectivity index (χ0n) is 51.1. The van der Waals surface area contributed by atoms with E-state index in [0.717, 1.165) is 0 Å². The average Bonchev–Trinajstić information content (AvgIpc) is 3.43. The van der Waals surface area contributed by atoms with E-state index in [2.05, 4.69) is 46.9 Å². The van der Waals surface area contributed by atoms with Gasteiger partial charge >= 0.3 is 0 Å². The fourth-order valence-corrected chi connectivity index (χ4v) is 5.47. The first-order valence-corrected chi connectivity index (χ1v) is 24.9. The molecule has 0 saturated carbocycles. The maximum atomic E-state index is 12.1. The minimum Gasteiger partial charge on any atom is -0.490 e. The first-order valence-electron chi connectivity index (χ1n) is 24.9. The van der Waals surface area contributed by atoms with E-state index in [9.17, 15) is 44.1 Å². The predicted molar refractivity (Wildman–Crippen MR) is 322 cm³/mol. The van der Waals surface area contributed by atoms with E-state index in [1.54, 1.807) is 121 Å². The van der Waals surface area contributed by atoms with Crippen molar-refractivity contribution in [1.82, 2.24) is 15.0 Å². The molecule has 0 spiro atoms. The number of carbonyl (C=O) groups excluding carboxylic acids is 6. The van der Waals surface area contributed by atoms with Crippen molar-refractivity contribution in [3.05, 3.63) is 169 Å². The molecule has 3 aromatic heterocycles. The summed E-state index contributed by atoms with van der Waals surface area (Å²) < 4.78 is 16.3. The second-order valence-corrected chi connectivity index (χ2v) is 16.4. The number of nitrogens with one attached hydrogen (secondary N) is 6. The molecule has 6 aromatic rings. The third-order valence-electron chi connectivity index (χ3n) is 9.32. The fraction of sp³-hybridized carbons (Fsp3) is 0.300. The van der Waals surface area contributed by atoms with Gasteiger partial charge in [-0.15, -0.1) is 0 Å². The second-order valence-electron chi connectivity index (χ2n) is 16.4. The van der Waals surface area contributed by atoms with Gasteiger partial charge in [0.1, 0.15) is 42.9 Å². The van der Waals surface area contributed by atoms with Crippen molar-refractivity contribution >= 4 is 69.7 Å². The Morgan fingerprint density at radius 2 is 0.714 bits per heavy atom. The van der Waals surface area contributed by atoms with Gasteiger partial charge in [0.25, 0.3) is 17.7 Å². The number of nitrogens with zero attached hydrogens (tertiary/aromatic N) is 3. The minimum atomic E-state index is -1.73. The molecule has 0 unspecified atom stereocenters. The third-order valence-corrected chi connectivity index (χ3v) is 9.32. The van der Waals surface area contributed by atoms with Crippen molar-refractivity contribution in [2.45, 2.75) is 99.9 Å². The molecular weight excluding hydrogens is 1310 g/mol. The van der Waals surface area contributed by atoms with E-state index >= 15 is 0 Å². The molecule has 453 valence electrons. The van der Waals surface area contributed by atoms with Crippen molar-refractivity contribution in [3.63, 3.8) is 0 Å². The van der Waals surface area contributed by atoms with Crippen molar-refractivity contribution in [3.8, 4) is 17.2 Å². The summed E-state index contributed by atoms with van der Waals surface area (Å²) in [4.78, 5) is 80.9. The average molecular weight is 1390 g/mol. The molecule has 0 aliphatic rings. The number of amides is 6. The van der Waals surface area contributed by atoms with Gasteiger partial charge in [0, 0.05) is 166 Å². The maximum absolute atomic E-state index is 12.1. The van der Waals surface area contributed by atoms with Gasteiger partial charge in [0.05, 0.1) is 11.9 Å². The zero-order chi connectivity index (χ0) is 58.7. The van der Waals surface area contributed by atoms with Crippen LogP contribution in [0.15, 0.2) is 146 Å². The zero-order valence-corrected chi connectivity index (χ0v) is 59.6. The molecule has 6 amide bonds. The van der Waals surface area contributed by atoms with Crippen molar-refractivity contribution in [1.29, 1.82) is 0 Å². The van der Waals surface area contributed by atoms with E-state index in [-0.39, 0.29) is 158 Å². The molecule has 3 aromatic carbocycles. The Labute approximate surface area is 572 Å². The number of hydrogen-bond acceptors (Lipinski definition) is 15. The SMILES string of the molecule is CC.CC.CC.CC(=O)Nc1ccc(OC[C@](C)(O)C(=O)Nc2ccccn2)cc1.CC(=O)Nc1ccc(OC[C@](C)(O)C(=O)Nc2cccnc2)cc1.CC(=O)Nc1ccc(OC[C@](C)(O)C(=O)Nc2ccncc2)cc1.[CH3-].[CH3-].[CH3-].[Y].[Y].[Y]. The largest absolute Gasteiger partial charge is 0.490 e. The van der Waals surface area contributed by atoms with Crippen molar-refractivity contribution in [2.75, 3.05) is 51.7 Å². The Balaban J connectivity index is -0.000000251. The van der Waals surface area contributed by atoms with Crippen LogP contribution < -0.4 is 46.1 Å². The van der Waals surface area contributed by atoms with Gasteiger partial charge in [-0.1, -0.05) is 47.6 Å². The van der Waals surface area contributed by atoms with E-state index < -0.39 is 34.5 Å². The van der Waals surface area contributed by atoms with Crippen LogP contribution in [0, 0.1) is 22.3 Å². The summed E-state index contributed by atoms with van der Waals surface area (Å²) in [7, 11) is 0. The Morgan fingerprint density at radius 1 is 0.393 bits per heavy atom. The van der Waals surface area contributed by atoms with Crippen LogP contribution in [0.1, 0.15) is 83.1 Å². The van der Waals surface area contributed by atoms with Crippen molar-refractivity contribution < 1.29 is 156 Å². The van der Waals surface area contributed by atoms with Crippen LogP contribution in [0.25, 0.3) is 0 Å². The number of aromatic nitrogens is 3. The molecule has 9 N–H and O–H groups in total. The van der Waals surface area contributed by atoms with E-state index in [1.165, 1.54) is 66.3 Å². The number of rotatable bonds is 18. The number of anilines is 6. The smallest absolute Gasteiger partial charge is 0.260 e. The first kappa shape index (κ1) is 89.7. The number of pyridine rings is 3. The molecule has 3 atom stereocenters. The summed E-state index contributed by atoms with van der Waals surface area (Å²) in [5.74, 6) is -0.530. The number of carbonyl (C=O) groups is 6. The summed E-state index contributed by atoms with van der Waals surface area (Å²) in [6.07, 6.45) is 7.68. The molecule has 6 rings (SSSR count). The Bertz CT molecular complexity index is 2420. The van der Waals surface area contributed by atoms with Gasteiger partial charge < -0.3 is 83.7 Å². The van der Waals surface area contributed by atoms with Crippen LogP contribution in [0.4, 0.5) is 34.3 Å². The van der Waals surface area contributed by atoms with Crippen LogP contribution in [-0.2, 0) is 127 Å². The first-order chi connectivity index (χ1) is 37.1. The normalized spacial score (nSPS) is 11.2. The topological polar surface area (TPSA) is 302 Å². The second kappa shape index (κ2) is 48.7. The van der Waals surface area contributed by atoms with Gasteiger partial charge in [-0.2, -0.15) is 0 Å². The van der Waals surface area contributed by atoms with Gasteiger partial charge in [0.2, 0.25) is 17.7 Å². The standard InChI is InChI=1S/3C17H19N3O4.3C2H6.3CH3.3Y/c1-12(21)19-13-3-5-15(6-4-13)24-11-17(2,23)16(22)20-14-7-9-18-10-8-14;1-12(21)19-13-5-7-15(8-6-13)24-11-17(2,23)16(22)20-14-4-3-9-18-10-14;1-12(21)19-13-6-8-14(9-7-13)24-11-17(2,23)16(22)20-15-5-3-4-10-18-15;3*1-2;;;;;;/h3-10,23H,11H2,1-2H3,(H,19,21)(H,18,20,22);3-10,23H,11H2,1-2H3,(H,19,21)(H,20,22);3-10,23H,11H2,1-2H3,(H,19,21)(H,18,20,22);3*1-2H3;3*1H3;;;/q;;;;;;3*-1;;;/t3*17-;;;;;;;;;/m000........./s1. The molecule has 0 fully saturated rings. The van der Waals surface area contributed by atoms with Crippen LogP contribution in [-0.4, -0.2) is 102 Å². The molecule has 0 aliphatic heterocycles. The van der Waals surface area contributed by atoms with Gasteiger partial charge in [-0.05, 0) is 130 Å². The Hall–Kier alpha value is -5.48. The summed E-state index contributed by atoms with van der Waals surface area (Å²) in [5, 5.41) is 46.4. The molecule has 21 nitrogen and oxygen atoms in total.